The van der Waals surface area contributed by atoms with Crippen LogP contribution < -0.4 is 0 Å². The number of nitro groups is 3. The van der Waals surface area contributed by atoms with Crippen molar-refractivity contribution in [1.82, 2.24) is 4.98 Å². The summed E-state index contributed by atoms with van der Waals surface area (Å²) in [4.78, 5) is 32.0. The van der Waals surface area contributed by atoms with Crippen LogP contribution in [0.2, 0.25) is 0 Å². The Morgan fingerprint density at radius 1 is 0.926 bits per heavy atom. The van der Waals surface area contributed by atoms with Crippen molar-refractivity contribution in [2.45, 2.75) is 20.3 Å². The molecule has 0 aliphatic rings. The van der Waals surface area contributed by atoms with Gasteiger partial charge in [0.05, 0.1) is 26.9 Å². The maximum absolute atomic E-state index is 10.4. The van der Waals surface area contributed by atoms with Gasteiger partial charge in [-0.25, -0.2) is 0 Å². The lowest BCUT2D eigenvalue weighted by Gasteiger charge is -2.00. The molecule has 0 saturated heterocycles. The number of phenols is 1. The molecule has 0 aliphatic heterocycles. The number of aliphatic hydroxyl groups excluding tert-OH is 1. The van der Waals surface area contributed by atoms with Crippen LogP contribution in [-0.4, -0.2) is 36.6 Å². The van der Waals surface area contributed by atoms with E-state index in [2.05, 4.69) is 4.98 Å². The van der Waals surface area contributed by atoms with Crippen molar-refractivity contribution in [2.75, 3.05) is 6.61 Å². The van der Waals surface area contributed by atoms with E-state index in [0.29, 0.717) is 18.6 Å². The molecule has 1 heterocycles. The van der Waals surface area contributed by atoms with Gasteiger partial charge in [-0.1, -0.05) is 0 Å². The number of aromatic nitrogens is 1. The van der Waals surface area contributed by atoms with Gasteiger partial charge in [-0.15, -0.1) is 0 Å². The number of nitrogens with zero attached hydrogens (tertiary/aromatic N) is 4. The number of aromatic hydroxyl groups is 1. The van der Waals surface area contributed by atoms with Crippen molar-refractivity contribution >= 4 is 17.1 Å². The van der Waals surface area contributed by atoms with Gasteiger partial charge in [0.2, 0.25) is 0 Å². The predicted molar refractivity (Wildman–Crippen MR) is 92.6 cm³/mol. The lowest BCUT2D eigenvalue weighted by Crippen LogP contribution is -1.97. The number of hydrogen-bond acceptors (Lipinski definition) is 9. The van der Waals surface area contributed by atoms with Crippen LogP contribution >= 0.6 is 0 Å². The number of phenolic OH excluding ortho intramolecular Hbond substituents is 1. The van der Waals surface area contributed by atoms with Crippen molar-refractivity contribution in [2.24, 2.45) is 0 Å². The first kappa shape index (κ1) is 21.4. The van der Waals surface area contributed by atoms with Crippen molar-refractivity contribution in [3.63, 3.8) is 0 Å². The van der Waals surface area contributed by atoms with Gasteiger partial charge in [-0.3, -0.25) is 35.3 Å². The van der Waals surface area contributed by atoms with Gasteiger partial charge in [0.15, 0.2) is 0 Å². The summed E-state index contributed by atoms with van der Waals surface area (Å²) in [7, 11) is 0. The summed E-state index contributed by atoms with van der Waals surface area (Å²) in [5, 5.41) is 48.9. The Kier molecular flexibility index (Phi) is 7.24. The predicted octanol–water partition coefficient (Wildman–Crippen LogP) is 2.35. The summed E-state index contributed by atoms with van der Waals surface area (Å²) in [5.74, 6) is -1.21. The molecule has 2 N–H and O–H groups in total. The van der Waals surface area contributed by atoms with E-state index in [1.807, 2.05) is 26.0 Å². The molecule has 0 unspecified atom stereocenters. The summed E-state index contributed by atoms with van der Waals surface area (Å²) >= 11 is 0. The number of hydrogen-bond donors (Lipinski definition) is 2. The van der Waals surface area contributed by atoms with Crippen LogP contribution in [0.15, 0.2) is 24.3 Å². The van der Waals surface area contributed by atoms with E-state index in [9.17, 15) is 30.3 Å². The van der Waals surface area contributed by atoms with Gasteiger partial charge in [0.1, 0.15) is 0 Å². The van der Waals surface area contributed by atoms with Gasteiger partial charge in [-0.2, -0.15) is 0 Å². The first-order valence-electron chi connectivity index (χ1n) is 7.42. The highest BCUT2D eigenvalue weighted by Crippen LogP contribution is 2.38. The molecule has 144 valence electrons. The molecule has 0 bridgehead atoms. The lowest BCUT2D eigenvalue weighted by atomic mass is 10.2. The van der Waals surface area contributed by atoms with Crippen LogP contribution in [0.1, 0.15) is 17.0 Å². The van der Waals surface area contributed by atoms with Crippen LogP contribution in [0, 0.1) is 44.2 Å². The van der Waals surface area contributed by atoms with Crippen LogP contribution in [0.25, 0.3) is 0 Å². The first-order chi connectivity index (χ1) is 12.6. The average Bonchev–Trinajstić information content (AvgIpc) is 2.54. The van der Waals surface area contributed by atoms with E-state index in [0.717, 1.165) is 11.4 Å². The van der Waals surface area contributed by atoms with Crippen LogP contribution in [0.5, 0.6) is 5.75 Å². The fourth-order valence-electron chi connectivity index (χ4n) is 2.14. The second-order valence-electron chi connectivity index (χ2n) is 5.35. The minimum absolute atomic E-state index is 0.176. The van der Waals surface area contributed by atoms with Crippen molar-refractivity contribution < 1.29 is 25.0 Å². The molecule has 0 spiro atoms. The lowest BCUT2D eigenvalue weighted by molar-refractivity contribution is -0.404. The molecule has 2 rings (SSSR count). The molecule has 0 radical (unpaired) electrons. The van der Waals surface area contributed by atoms with Gasteiger partial charge >= 0.3 is 11.4 Å². The minimum atomic E-state index is -1.21. The molecule has 12 nitrogen and oxygen atoms in total. The average molecular weight is 380 g/mol. The minimum Gasteiger partial charge on any atom is -0.497 e. The molecule has 2 aromatic rings. The Bertz CT molecular complexity index is 829. The Hall–Kier alpha value is -3.67. The molecular weight excluding hydrogens is 364 g/mol. The SMILES string of the molecule is Cc1cc(C)nc(CCO)c1.O=[N+]([O-])c1cc([N+](=O)[O-])c(O)c([N+](=O)[O-])c1. The van der Waals surface area contributed by atoms with Crippen molar-refractivity contribution in [3.8, 4) is 5.75 Å². The molecule has 12 heteroatoms. The van der Waals surface area contributed by atoms with E-state index in [-0.39, 0.29) is 6.61 Å². The third-order valence-electron chi connectivity index (χ3n) is 3.18. The number of nitro benzene ring substituents is 3. The molecule has 1 aromatic carbocycles. The number of aliphatic hydroxyl groups is 1. The van der Waals surface area contributed by atoms with Crippen LogP contribution in [-0.2, 0) is 6.42 Å². The molecule has 1 aromatic heterocycles. The van der Waals surface area contributed by atoms with E-state index >= 15 is 0 Å². The summed E-state index contributed by atoms with van der Waals surface area (Å²) < 4.78 is 0. The van der Waals surface area contributed by atoms with Gasteiger partial charge in [0.25, 0.3) is 11.4 Å². The second kappa shape index (κ2) is 9.15. The van der Waals surface area contributed by atoms with E-state index in [1.54, 1.807) is 0 Å². The van der Waals surface area contributed by atoms with E-state index in [4.69, 9.17) is 10.2 Å². The topological polar surface area (TPSA) is 183 Å². The Labute approximate surface area is 152 Å². The summed E-state index contributed by atoms with van der Waals surface area (Å²) in [6.07, 6.45) is 0.655. The third kappa shape index (κ3) is 5.97. The number of pyridine rings is 1. The molecule has 0 atom stereocenters. The molecular formula is C15H16N4O8. The third-order valence-corrected chi connectivity index (χ3v) is 3.18. The van der Waals surface area contributed by atoms with Gasteiger partial charge in [0, 0.05) is 24.4 Å². The second-order valence-corrected chi connectivity index (χ2v) is 5.35. The largest absolute Gasteiger partial charge is 0.497 e. The molecule has 0 aliphatic carbocycles. The first-order valence-corrected chi connectivity index (χ1v) is 7.42. The number of rotatable bonds is 5. The van der Waals surface area contributed by atoms with Crippen LogP contribution in [0.4, 0.5) is 17.1 Å². The van der Waals surface area contributed by atoms with E-state index < -0.39 is 37.6 Å². The summed E-state index contributed by atoms with van der Waals surface area (Å²) in [6.45, 7) is 4.18. The molecule has 0 fully saturated rings. The fourth-order valence-corrected chi connectivity index (χ4v) is 2.14. The number of benzene rings is 1. The maximum atomic E-state index is 10.4. The summed E-state index contributed by atoms with van der Waals surface area (Å²) in [6, 6.07) is 4.93. The quantitative estimate of drug-likeness (QED) is 0.580. The number of aryl methyl sites for hydroxylation is 2. The highest BCUT2D eigenvalue weighted by molar-refractivity contribution is 5.64. The Morgan fingerprint density at radius 3 is 1.81 bits per heavy atom. The standard InChI is InChI=1S/C9H13NO.C6H3N3O7/c1-7-5-8(2)10-9(6-7)3-4-11;10-6-4(8(13)14)1-3(7(11)12)2-5(6)9(15)16/h5-6,11H,3-4H2,1-2H3;1-2,10H. The zero-order valence-electron chi connectivity index (χ0n) is 14.4. The zero-order chi connectivity index (χ0) is 20.7. The number of non-ortho nitro benzene ring substituents is 1. The normalized spacial score (nSPS) is 9.89. The molecule has 0 saturated carbocycles. The monoisotopic (exact) mass is 380 g/mol. The van der Waals surface area contributed by atoms with Gasteiger partial charge < -0.3 is 10.2 Å². The van der Waals surface area contributed by atoms with Gasteiger partial charge in [-0.05, 0) is 31.5 Å². The Balaban J connectivity index is 0.000000289. The molecule has 27 heavy (non-hydrogen) atoms. The van der Waals surface area contributed by atoms with Crippen molar-refractivity contribution in [3.05, 3.63) is 71.6 Å². The summed E-state index contributed by atoms with van der Waals surface area (Å²) in [5.41, 5.74) is 0.206. The molecule has 0 amide bonds. The smallest absolute Gasteiger partial charge is 0.324 e. The van der Waals surface area contributed by atoms with Crippen molar-refractivity contribution in [1.29, 1.82) is 0 Å². The highest BCUT2D eigenvalue weighted by atomic mass is 16.6. The van der Waals surface area contributed by atoms with E-state index in [1.165, 1.54) is 5.56 Å². The van der Waals surface area contributed by atoms with Crippen LogP contribution in [0.3, 0.4) is 0 Å². The Morgan fingerprint density at radius 2 is 1.44 bits per heavy atom. The fraction of sp³-hybridized carbons (Fsp3) is 0.267. The highest BCUT2D eigenvalue weighted by Gasteiger charge is 2.30. The maximum Gasteiger partial charge on any atom is 0.324 e. The zero-order valence-corrected chi connectivity index (χ0v) is 14.4.